The Hall–Kier alpha value is -0.950. The molecule has 0 saturated heterocycles. The number of hydrogen-bond acceptors (Lipinski definition) is 3. The maximum atomic E-state index is 13.9. The smallest absolute Gasteiger partial charge is 0.262 e. The van der Waals surface area contributed by atoms with Gasteiger partial charge in [-0.15, -0.1) is 0 Å². The molecule has 0 radical (unpaired) electrons. The molecule has 3 nitrogen and oxygen atoms in total. The van der Waals surface area contributed by atoms with Crippen LogP contribution in [0.15, 0.2) is 14.4 Å². The SMILES string of the molecule is CC.CSc1nc2c(F)c(Br)c(C)c(F)c2c(=O)[nH]1. The summed E-state index contributed by atoms with van der Waals surface area (Å²) < 4.78 is 27.8. The molecule has 2 rings (SSSR count). The molecule has 0 atom stereocenters. The second-order valence-corrected chi connectivity index (χ2v) is 4.95. The third-order valence-electron chi connectivity index (χ3n) is 2.37. The first-order chi connectivity index (χ1) is 8.97. The lowest BCUT2D eigenvalue weighted by Crippen LogP contribution is -2.13. The van der Waals surface area contributed by atoms with Gasteiger partial charge < -0.3 is 4.98 Å². The molecule has 2 aromatic rings. The molecular weight excluding hydrogens is 338 g/mol. The van der Waals surface area contributed by atoms with Crippen molar-refractivity contribution in [3.05, 3.63) is 32.0 Å². The molecule has 1 heterocycles. The van der Waals surface area contributed by atoms with E-state index in [4.69, 9.17) is 0 Å². The minimum atomic E-state index is -0.755. The quantitative estimate of drug-likeness (QED) is 0.480. The normalized spacial score (nSPS) is 10.3. The fraction of sp³-hybridized carbons (Fsp3) is 0.333. The van der Waals surface area contributed by atoms with Gasteiger partial charge in [-0.1, -0.05) is 25.6 Å². The van der Waals surface area contributed by atoms with Crippen molar-refractivity contribution in [2.45, 2.75) is 25.9 Å². The summed E-state index contributed by atoms with van der Waals surface area (Å²) in [4.78, 5) is 17.9. The number of rotatable bonds is 1. The zero-order valence-electron chi connectivity index (χ0n) is 10.9. The second kappa shape index (κ2) is 6.47. The van der Waals surface area contributed by atoms with Gasteiger partial charge in [-0.2, -0.15) is 0 Å². The maximum absolute atomic E-state index is 13.9. The summed E-state index contributed by atoms with van der Waals surface area (Å²) >= 11 is 4.10. The first kappa shape index (κ1) is 16.1. The molecule has 0 amide bonds. The molecule has 0 fully saturated rings. The van der Waals surface area contributed by atoms with E-state index in [1.54, 1.807) is 6.26 Å². The number of H-pyrrole nitrogens is 1. The molecular formula is C12H13BrF2N2OS. The highest BCUT2D eigenvalue weighted by Crippen LogP contribution is 2.29. The van der Waals surface area contributed by atoms with Crippen LogP contribution in [-0.2, 0) is 0 Å². The van der Waals surface area contributed by atoms with Crippen LogP contribution in [0.5, 0.6) is 0 Å². The van der Waals surface area contributed by atoms with Crippen LogP contribution in [0, 0.1) is 18.6 Å². The van der Waals surface area contributed by atoms with E-state index in [0.717, 1.165) is 11.8 Å². The van der Waals surface area contributed by atoms with Crippen molar-refractivity contribution in [1.82, 2.24) is 9.97 Å². The first-order valence-electron chi connectivity index (χ1n) is 5.58. The topological polar surface area (TPSA) is 45.8 Å². The molecule has 1 aromatic heterocycles. The molecule has 1 N–H and O–H groups in total. The average molecular weight is 351 g/mol. The van der Waals surface area contributed by atoms with Gasteiger partial charge in [-0.05, 0) is 29.1 Å². The van der Waals surface area contributed by atoms with Gasteiger partial charge in [-0.3, -0.25) is 4.79 Å². The van der Waals surface area contributed by atoms with Crippen molar-refractivity contribution in [3.8, 4) is 0 Å². The lowest BCUT2D eigenvalue weighted by atomic mass is 10.1. The molecule has 0 spiro atoms. The molecule has 104 valence electrons. The Balaban J connectivity index is 0.000000861. The molecule has 0 saturated carbocycles. The van der Waals surface area contributed by atoms with Gasteiger partial charge in [0.15, 0.2) is 11.0 Å². The number of aromatic amines is 1. The van der Waals surface area contributed by atoms with Gasteiger partial charge in [0.05, 0.1) is 4.47 Å². The minimum Gasteiger partial charge on any atom is -0.301 e. The Morgan fingerprint density at radius 2 is 1.84 bits per heavy atom. The number of fused-ring (bicyclic) bond motifs is 1. The fourth-order valence-electron chi connectivity index (χ4n) is 1.46. The molecule has 0 bridgehead atoms. The van der Waals surface area contributed by atoms with Gasteiger partial charge in [0.25, 0.3) is 5.56 Å². The summed E-state index contributed by atoms with van der Waals surface area (Å²) in [6, 6.07) is 0. The predicted molar refractivity (Wildman–Crippen MR) is 77.8 cm³/mol. The van der Waals surface area contributed by atoms with Crippen LogP contribution in [0.25, 0.3) is 10.9 Å². The number of benzene rings is 1. The van der Waals surface area contributed by atoms with Gasteiger partial charge in [0.2, 0.25) is 0 Å². The summed E-state index contributed by atoms with van der Waals surface area (Å²) in [5, 5.41) is -0.0995. The van der Waals surface area contributed by atoms with Crippen molar-refractivity contribution in [2.75, 3.05) is 6.26 Å². The van der Waals surface area contributed by atoms with Gasteiger partial charge in [0.1, 0.15) is 16.7 Å². The second-order valence-electron chi connectivity index (χ2n) is 3.37. The number of thioether (sulfide) groups is 1. The third-order valence-corrected chi connectivity index (χ3v) is 3.89. The summed E-state index contributed by atoms with van der Waals surface area (Å²) in [6.07, 6.45) is 1.68. The molecule has 0 aliphatic rings. The van der Waals surface area contributed by atoms with E-state index in [9.17, 15) is 13.6 Å². The monoisotopic (exact) mass is 350 g/mol. The molecule has 7 heteroatoms. The predicted octanol–water partition coefficient (Wildman–Crippen LogP) is 4.02. The van der Waals surface area contributed by atoms with E-state index in [1.165, 1.54) is 6.92 Å². The summed E-state index contributed by atoms with van der Waals surface area (Å²) in [5.74, 6) is -1.48. The molecule has 0 unspecified atom stereocenters. The zero-order chi connectivity index (χ0) is 14.7. The minimum absolute atomic E-state index is 0.00680. The van der Waals surface area contributed by atoms with Crippen molar-refractivity contribution in [1.29, 1.82) is 0 Å². The number of nitrogens with zero attached hydrogens (tertiary/aromatic N) is 1. The van der Waals surface area contributed by atoms with Gasteiger partial charge in [0, 0.05) is 5.56 Å². The Morgan fingerprint density at radius 3 is 2.37 bits per heavy atom. The third kappa shape index (κ3) is 2.81. The number of halogens is 3. The Labute approximate surface area is 122 Å². The van der Waals surface area contributed by atoms with Crippen LogP contribution < -0.4 is 5.56 Å². The van der Waals surface area contributed by atoms with Crippen molar-refractivity contribution >= 4 is 38.6 Å². The standard InChI is InChI=1S/C10H7BrF2N2OS.C2H6/c1-3-5(11)7(13)8-4(6(3)12)9(16)15-10(14-8)17-2;1-2/h1-2H3,(H,14,15,16);1-2H3. The lowest BCUT2D eigenvalue weighted by Gasteiger charge is -2.07. The number of hydrogen-bond donors (Lipinski definition) is 1. The van der Waals surface area contributed by atoms with Crippen molar-refractivity contribution < 1.29 is 8.78 Å². The molecule has 1 aromatic carbocycles. The van der Waals surface area contributed by atoms with Crippen LogP contribution >= 0.6 is 27.7 Å². The molecule has 0 aliphatic carbocycles. The van der Waals surface area contributed by atoms with E-state index in [-0.39, 0.29) is 26.1 Å². The summed E-state index contributed by atoms with van der Waals surface area (Å²) in [5.41, 5.74) is -0.876. The largest absolute Gasteiger partial charge is 0.301 e. The van der Waals surface area contributed by atoms with Crippen molar-refractivity contribution in [3.63, 3.8) is 0 Å². The van der Waals surface area contributed by atoms with E-state index in [2.05, 4.69) is 25.9 Å². The number of nitrogens with one attached hydrogen (secondary N) is 1. The average Bonchev–Trinajstić information content (AvgIpc) is 2.44. The van der Waals surface area contributed by atoms with Crippen LogP contribution in [-0.4, -0.2) is 16.2 Å². The van der Waals surface area contributed by atoms with E-state index in [1.807, 2.05) is 13.8 Å². The Bertz CT molecular complexity index is 673. The summed E-state index contributed by atoms with van der Waals surface area (Å²) in [6.45, 7) is 5.39. The van der Waals surface area contributed by atoms with E-state index >= 15 is 0 Å². The molecule has 0 aliphatic heterocycles. The van der Waals surface area contributed by atoms with E-state index < -0.39 is 17.2 Å². The van der Waals surface area contributed by atoms with E-state index in [0.29, 0.717) is 0 Å². The maximum Gasteiger partial charge on any atom is 0.262 e. The lowest BCUT2D eigenvalue weighted by molar-refractivity contribution is 0.598. The fourth-order valence-corrected chi connectivity index (χ4v) is 2.20. The molecule has 19 heavy (non-hydrogen) atoms. The first-order valence-corrected chi connectivity index (χ1v) is 7.60. The van der Waals surface area contributed by atoms with Crippen LogP contribution in [0.3, 0.4) is 0 Å². The highest BCUT2D eigenvalue weighted by Gasteiger charge is 2.19. The van der Waals surface area contributed by atoms with Gasteiger partial charge >= 0.3 is 0 Å². The Kier molecular flexibility index (Phi) is 5.49. The van der Waals surface area contributed by atoms with Crippen molar-refractivity contribution in [2.24, 2.45) is 0 Å². The zero-order valence-corrected chi connectivity index (χ0v) is 13.3. The van der Waals surface area contributed by atoms with Crippen LogP contribution in [0.2, 0.25) is 0 Å². The summed E-state index contributed by atoms with van der Waals surface area (Å²) in [7, 11) is 0. The Morgan fingerprint density at radius 1 is 1.26 bits per heavy atom. The number of aromatic nitrogens is 2. The highest BCUT2D eigenvalue weighted by molar-refractivity contribution is 9.10. The van der Waals surface area contributed by atoms with Crippen LogP contribution in [0.1, 0.15) is 19.4 Å². The van der Waals surface area contributed by atoms with Crippen LogP contribution in [0.4, 0.5) is 8.78 Å². The van der Waals surface area contributed by atoms with Gasteiger partial charge in [-0.25, -0.2) is 13.8 Å². The highest BCUT2D eigenvalue weighted by atomic mass is 79.9.